The van der Waals surface area contributed by atoms with E-state index in [0.29, 0.717) is 11.3 Å². The number of rotatable bonds is 6. The van der Waals surface area contributed by atoms with E-state index in [4.69, 9.17) is 9.47 Å². The number of nitrogens with zero attached hydrogens (tertiary/aromatic N) is 2. The van der Waals surface area contributed by atoms with Crippen LogP contribution in [0.3, 0.4) is 0 Å². The maximum atomic E-state index is 12.4. The van der Waals surface area contributed by atoms with E-state index in [-0.39, 0.29) is 22.7 Å². The summed E-state index contributed by atoms with van der Waals surface area (Å²) in [6.45, 7) is 0. The standard InChI is InChI=1S/C18H15N3O5/c1-25-16-6-4-3-5-12(16)9-13(11-19)18(22)20-15-8-7-14(21(23)24)10-17(15)26-2/h3-10H,1-2H3,(H,20,22)/b13-9+. The SMILES string of the molecule is COc1ccccc1/C=C(\C#N)C(=O)Nc1ccc([N+](=O)[O-])cc1OC. The number of amides is 1. The van der Waals surface area contributed by atoms with Crippen molar-refractivity contribution in [2.24, 2.45) is 0 Å². The van der Waals surface area contributed by atoms with Crippen LogP contribution in [-0.2, 0) is 4.79 Å². The maximum Gasteiger partial charge on any atom is 0.273 e. The van der Waals surface area contributed by atoms with E-state index in [9.17, 15) is 20.2 Å². The zero-order chi connectivity index (χ0) is 19.1. The van der Waals surface area contributed by atoms with Crippen molar-refractivity contribution in [3.05, 3.63) is 63.7 Å². The summed E-state index contributed by atoms with van der Waals surface area (Å²) in [4.78, 5) is 22.6. The Labute approximate surface area is 149 Å². The lowest BCUT2D eigenvalue weighted by Crippen LogP contribution is -2.14. The first-order chi connectivity index (χ1) is 12.5. The molecule has 2 rings (SSSR count). The van der Waals surface area contributed by atoms with Crippen molar-refractivity contribution in [2.45, 2.75) is 0 Å². The zero-order valence-electron chi connectivity index (χ0n) is 14.1. The lowest BCUT2D eigenvalue weighted by molar-refractivity contribution is -0.384. The minimum absolute atomic E-state index is 0.113. The fourth-order valence-corrected chi connectivity index (χ4v) is 2.18. The summed E-state index contributed by atoms with van der Waals surface area (Å²) in [7, 11) is 2.81. The molecule has 0 saturated heterocycles. The van der Waals surface area contributed by atoms with Gasteiger partial charge in [-0.2, -0.15) is 5.26 Å². The molecule has 0 heterocycles. The molecule has 1 N–H and O–H groups in total. The van der Waals surface area contributed by atoms with Crippen molar-refractivity contribution in [2.75, 3.05) is 19.5 Å². The number of carbonyl (C=O) groups is 1. The topological polar surface area (TPSA) is 114 Å². The number of benzene rings is 2. The summed E-state index contributed by atoms with van der Waals surface area (Å²) in [6, 6.07) is 12.5. The lowest BCUT2D eigenvalue weighted by atomic mass is 10.1. The molecule has 26 heavy (non-hydrogen) atoms. The van der Waals surface area contributed by atoms with Crippen LogP contribution in [0, 0.1) is 21.4 Å². The van der Waals surface area contributed by atoms with Crippen molar-refractivity contribution >= 4 is 23.4 Å². The number of para-hydroxylation sites is 1. The van der Waals surface area contributed by atoms with Gasteiger partial charge in [0.05, 0.1) is 30.9 Å². The van der Waals surface area contributed by atoms with Crippen LogP contribution in [0.1, 0.15) is 5.56 Å². The summed E-state index contributed by atoms with van der Waals surface area (Å²) in [6.07, 6.45) is 1.39. The smallest absolute Gasteiger partial charge is 0.273 e. The molecular weight excluding hydrogens is 338 g/mol. The van der Waals surface area contributed by atoms with E-state index < -0.39 is 10.8 Å². The van der Waals surface area contributed by atoms with Crippen LogP contribution < -0.4 is 14.8 Å². The number of nitrogens with one attached hydrogen (secondary N) is 1. The van der Waals surface area contributed by atoms with Gasteiger partial charge in [0.2, 0.25) is 0 Å². The molecule has 8 heteroatoms. The Bertz CT molecular complexity index is 915. The normalized spacial score (nSPS) is 10.6. The molecule has 0 fully saturated rings. The molecular formula is C18H15N3O5. The van der Waals surface area contributed by atoms with E-state index in [1.807, 2.05) is 6.07 Å². The molecule has 132 valence electrons. The first kappa shape index (κ1) is 18.5. The molecule has 0 bridgehead atoms. The number of hydrogen-bond acceptors (Lipinski definition) is 6. The van der Waals surface area contributed by atoms with Crippen molar-refractivity contribution in [3.8, 4) is 17.6 Å². The van der Waals surface area contributed by atoms with Crippen LogP contribution in [0.4, 0.5) is 11.4 Å². The van der Waals surface area contributed by atoms with E-state index in [2.05, 4.69) is 5.32 Å². The molecule has 2 aromatic carbocycles. The number of non-ortho nitro benzene ring substituents is 1. The second kappa shape index (κ2) is 8.30. The Morgan fingerprint density at radius 2 is 1.88 bits per heavy atom. The monoisotopic (exact) mass is 353 g/mol. The van der Waals surface area contributed by atoms with Gasteiger partial charge < -0.3 is 14.8 Å². The molecule has 0 aromatic heterocycles. The zero-order valence-corrected chi connectivity index (χ0v) is 14.1. The third-order valence-corrected chi connectivity index (χ3v) is 3.45. The van der Waals surface area contributed by atoms with E-state index in [1.54, 1.807) is 24.3 Å². The highest BCUT2D eigenvalue weighted by atomic mass is 16.6. The summed E-state index contributed by atoms with van der Waals surface area (Å²) >= 11 is 0. The van der Waals surface area contributed by atoms with Gasteiger partial charge in [0.25, 0.3) is 11.6 Å². The summed E-state index contributed by atoms with van der Waals surface area (Å²) in [5, 5.41) is 22.6. The molecule has 2 aromatic rings. The van der Waals surface area contributed by atoms with Gasteiger partial charge in [-0.25, -0.2) is 0 Å². The van der Waals surface area contributed by atoms with Gasteiger partial charge in [-0.1, -0.05) is 18.2 Å². The van der Waals surface area contributed by atoms with E-state index in [0.717, 1.165) is 0 Å². The number of hydrogen-bond donors (Lipinski definition) is 1. The van der Waals surface area contributed by atoms with Gasteiger partial charge in [0, 0.05) is 11.6 Å². The molecule has 0 saturated carbocycles. The number of carbonyl (C=O) groups excluding carboxylic acids is 1. The van der Waals surface area contributed by atoms with Crippen LogP contribution in [0.15, 0.2) is 48.0 Å². The summed E-state index contributed by atoms with van der Waals surface area (Å²) < 4.78 is 10.3. The van der Waals surface area contributed by atoms with Crippen molar-refractivity contribution < 1.29 is 19.2 Å². The van der Waals surface area contributed by atoms with Crippen LogP contribution in [0.5, 0.6) is 11.5 Å². The van der Waals surface area contributed by atoms with Crippen molar-refractivity contribution in [3.63, 3.8) is 0 Å². The summed E-state index contributed by atoms with van der Waals surface area (Å²) in [5.41, 5.74) is 0.446. The highest BCUT2D eigenvalue weighted by molar-refractivity contribution is 6.10. The average molecular weight is 353 g/mol. The van der Waals surface area contributed by atoms with Crippen molar-refractivity contribution in [1.82, 2.24) is 0 Å². The Hall–Kier alpha value is -3.86. The fourth-order valence-electron chi connectivity index (χ4n) is 2.18. The van der Waals surface area contributed by atoms with Crippen molar-refractivity contribution in [1.29, 1.82) is 5.26 Å². The molecule has 0 aliphatic heterocycles. The first-order valence-corrected chi connectivity index (χ1v) is 7.38. The van der Waals surface area contributed by atoms with Crippen LogP contribution >= 0.6 is 0 Å². The highest BCUT2D eigenvalue weighted by Gasteiger charge is 2.16. The molecule has 0 unspecified atom stereocenters. The third-order valence-electron chi connectivity index (χ3n) is 3.45. The van der Waals surface area contributed by atoms with Crippen LogP contribution in [-0.4, -0.2) is 25.1 Å². The van der Waals surface area contributed by atoms with Gasteiger partial charge in [-0.15, -0.1) is 0 Å². The largest absolute Gasteiger partial charge is 0.496 e. The number of methoxy groups -OCH3 is 2. The number of nitro groups is 1. The predicted octanol–water partition coefficient (Wildman–Crippen LogP) is 3.16. The average Bonchev–Trinajstić information content (AvgIpc) is 2.66. The number of nitriles is 1. The fraction of sp³-hybridized carbons (Fsp3) is 0.111. The van der Waals surface area contributed by atoms with Gasteiger partial charge in [-0.3, -0.25) is 14.9 Å². The molecule has 0 spiro atoms. The third kappa shape index (κ3) is 4.15. The van der Waals surface area contributed by atoms with E-state index in [1.165, 1.54) is 38.5 Å². The molecule has 0 atom stereocenters. The quantitative estimate of drug-likeness (QED) is 0.369. The summed E-state index contributed by atoms with van der Waals surface area (Å²) in [5.74, 6) is -0.0475. The molecule has 0 aliphatic carbocycles. The van der Waals surface area contributed by atoms with Gasteiger partial charge in [0.1, 0.15) is 23.1 Å². The molecule has 1 amide bonds. The highest BCUT2D eigenvalue weighted by Crippen LogP contribution is 2.29. The second-order valence-electron chi connectivity index (χ2n) is 5.01. The number of ether oxygens (including phenoxy) is 2. The molecule has 0 aliphatic rings. The molecule has 0 radical (unpaired) electrons. The van der Waals surface area contributed by atoms with Gasteiger partial charge >= 0.3 is 0 Å². The van der Waals surface area contributed by atoms with Crippen LogP contribution in [0.25, 0.3) is 6.08 Å². The van der Waals surface area contributed by atoms with Crippen LogP contribution in [0.2, 0.25) is 0 Å². The van der Waals surface area contributed by atoms with Gasteiger partial charge in [-0.05, 0) is 18.2 Å². The Morgan fingerprint density at radius 3 is 2.50 bits per heavy atom. The second-order valence-corrected chi connectivity index (χ2v) is 5.01. The predicted molar refractivity (Wildman–Crippen MR) is 94.9 cm³/mol. The minimum Gasteiger partial charge on any atom is -0.496 e. The first-order valence-electron chi connectivity index (χ1n) is 7.38. The Kier molecular flexibility index (Phi) is 5.90. The number of anilines is 1. The number of nitro benzene ring substituents is 1. The molecule has 8 nitrogen and oxygen atoms in total. The van der Waals surface area contributed by atoms with E-state index >= 15 is 0 Å². The Morgan fingerprint density at radius 1 is 1.19 bits per heavy atom. The lowest BCUT2D eigenvalue weighted by Gasteiger charge is -2.10. The Balaban J connectivity index is 2.32. The minimum atomic E-state index is -0.675. The van der Waals surface area contributed by atoms with Gasteiger partial charge in [0.15, 0.2) is 0 Å². The maximum absolute atomic E-state index is 12.4.